The van der Waals surface area contributed by atoms with Gasteiger partial charge in [0.2, 0.25) is 5.91 Å². The van der Waals surface area contributed by atoms with E-state index in [4.69, 9.17) is 5.73 Å². The number of carbonyl (C=O) groups is 3. The number of benzene rings is 1. The zero-order valence-electron chi connectivity index (χ0n) is 15.0. The first kappa shape index (κ1) is 18.4. The number of anilines is 3. The number of imide groups is 1. The van der Waals surface area contributed by atoms with Gasteiger partial charge < -0.3 is 15.5 Å². The molecule has 2 heterocycles. The molecule has 27 heavy (non-hydrogen) atoms. The van der Waals surface area contributed by atoms with Crippen molar-refractivity contribution in [3.05, 3.63) is 48.7 Å². The molecule has 1 aliphatic rings. The van der Waals surface area contributed by atoms with Crippen LogP contribution in [0.4, 0.5) is 17.2 Å². The lowest BCUT2D eigenvalue weighted by molar-refractivity contribution is -0.145. The summed E-state index contributed by atoms with van der Waals surface area (Å²) in [4.78, 5) is 46.0. The maximum atomic E-state index is 12.7. The Bertz CT molecular complexity index is 830. The molecule has 3 rings (SSSR count). The number of hydrogen-bond acceptors (Lipinski definition) is 6. The molecular weight excluding hydrogens is 346 g/mol. The van der Waals surface area contributed by atoms with E-state index in [1.54, 1.807) is 30.5 Å². The van der Waals surface area contributed by atoms with Gasteiger partial charge in [0.15, 0.2) is 0 Å². The number of nitrogens with zero attached hydrogens (tertiary/aromatic N) is 4. The molecule has 2 aromatic rings. The first-order chi connectivity index (χ1) is 13.0. The maximum absolute atomic E-state index is 12.7. The Labute approximate surface area is 157 Å². The summed E-state index contributed by atoms with van der Waals surface area (Å²) >= 11 is 0. The number of hydrogen-bond donors (Lipinski definition) is 1. The number of pyridine rings is 1. The average Bonchev–Trinajstić information content (AvgIpc) is 2.69. The highest BCUT2D eigenvalue weighted by molar-refractivity contribution is 6.45. The summed E-state index contributed by atoms with van der Waals surface area (Å²) in [6, 6.07) is 11.9. The SMILES string of the molecule is CC(=O)N(C(=O)C(=O)N1CCN(c2ccccn2)CC1)c1ccc(N)cc1. The van der Waals surface area contributed by atoms with Crippen LogP contribution in [0.1, 0.15) is 6.92 Å². The molecule has 2 N–H and O–H groups in total. The first-order valence-electron chi connectivity index (χ1n) is 8.63. The molecule has 140 valence electrons. The molecule has 0 bridgehead atoms. The third-order valence-corrected chi connectivity index (χ3v) is 4.39. The number of rotatable bonds is 2. The summed E-state index contributed by atoms with van der Waals surface area (Å²) in [6.07, 6.45) is 1.72. The van der Waals surface area contributed by atoms with Crippen LogP contribution in [0.15, 0.2) is 48.7 Å². The Morgan fingerprint density at radius 2 is 1.67 bits per heavy atom. The number of nitrogen functional groups attached to an aromatic ring is 1. The molecular formula is C19H21N5O3. The molecule has 0 saturated carbocycles. The van der Waals surface area contributed by atoms with Crippen LogP contribution < -0.4 is 15.5 Å². The van der Waals surface area contributed by atoms with Gasteiger partial charge in [-0.1, -0.05) is 6.07 Å². The van der Waals surface area contributed by atoms with Crippen LogP contribution in [-0.4, -0.2) is 53.8 Å². The Morgan fingerprint density at radius 1 is 1.00 bits per heavy atom. The Morgan fingerprint density at radius 3 is 2.22 bits per heavy atom. The van der Waals surface area contributed by atoms with Crippen molar-refractivity contribution in [2.45, 2.75) is 6.92 Å². The van der Waals surface area contributed by atoms with E-state index >= 15 is 0 Å². The molecule has 8 nitrogen and oxygen atoms in total. The fourth-order valence-corrected chi connectivity index (χ4v) is 2.98. The lowest BCUT2D eigenvalue weighted by Crippen LogP contribution is -2.54. The van der Waals surface area contributed by atoms with E-state index in [-0.39, 0.29) is 0 Å². The largest absolute Gasteiger partial charge is 0.399 e. The molecule has 3 amide bonds. The van der Waals surface area contributed by atoms with Crippen molar-refractivity contribution < 1.29 is 14.4 Å². The minimum absolute atomic E-state index is 0.321. The summed E-state index contributed by atoms with van der Waals surface area (Å²) in [5.74, 6) is -1.24. The molecule has 8 heteroatoms. The van der Waals surface area contributed by atoms with E-state index in [2.05, 4.69) is 9.88 Å². The van der Waals surface area contributed by atoms with Crippen molar-refractivity contribution in [3.63, 3.8) is 0 Å². The number of aromatic nitrogens is 1. The predicted octanol–water partition coefficient (Wildman–Crippen LogP) is 0.892. The van der Waals surface area contributed by atoms with Gasteiger partial charge in [-0.25, -0.2) is 9.88 Å². The van der Waals surface area contributed by atoms with Crippen molar-refractivity contribution in [3.8, 4) is 0 Å². The van der Waals surface area contributed by atoms with E-state index < -0.39 is 17.7 Å². The Hall–Kier alpha value is -3.42. The molecule has 0 unspecified atom stereocenters. The molecule has 0 atom stereocenters. The molecule has 1 aliphatic heterocycles. The second-order valence-electron chi connectivity index (χ2n) is 6.22. The fraction of sp³-hybridized carbons (Fsp3) is 0.263. The van der Waals surface area contributed by atoms with E-state index in [9.17, 15) is 14.4 Å². The highest BCUT2D eigenvalue weighted by atomic mass is 16.2. The molecule has 1 fully saturated rings. The quantitative estimate of drug-likeness (QED) is 0.625. The normalized spacial score (nSPS) is 14.0. The Kier molecular flexibility index (Phi) is 5.35. The van der Waals surface area contributed by atoms with Crippen LogP contribution in [0.25, 0.3) is 0 Å². The van der Waals surface area contributed by atoms with Gasteiger partial charge in [-0.05, 0) is 36.4 Å². The van der Waals surface area contributed by atoms with Gasteiger partial charge in [-0.3, -0.25) is 14.4 Å². The topological polar surface area (TPSA) is 99.8 Å². The van der Waals surface area contributed by atoms with E-state index in [0.717, 1.165) is 10.7 Å². The van der Waals surface area contributed by atoms with Gasteiger partial charge in [0.05, 0.1) is 5.69 Å². The third-order valence-electron chi connectivity index (χ3n) is 4.39. The second-order valence-corrected chi connectivity index (χ2v) is 6.22. The van der Waals surface area contributed by atoms with Crippen molar-refractivity contribution in [2.24, 2.45) is 0 Å². The minimum Gasteiger partial charge on any atom is -0.399 e. The van der Waals surface area contributed by atoms with Crippen LogP contribution in [0.3, 0.4) is 0 Å². The maximum Gasteiger partial charge on any atom is 0.323 e. The molecule has 1 aromatic heterocycles. The standard InChI is InChI=1S/C19H21N5O3/c1-14(25)24(16-7-5-15(20)6-8-16)19(27)18(26)23-12-10-22(11-13-23)17-4-2-3-9-21-17/h2-9H,10-13,20H2,1H3. The van der Waals surface area contributed by atoms with Crippen molar-refractivity contribution in [1.82, 2.24) is 9.88 Å². The molecule has 0 aliphatic carbocycles. The number of piperazine rings is 1. The first-order valence-corrected chi connectivity index (χ1v) is 8.63. The molecule has 1 saturated heterocycles. The summed E-state index contributed by atoms with van der Waals surface area (Å²) in [6.45, 7) is 3.15. The second kappa shape index (κ2) is 7.86. The monoisotopic (exact) mass is 367 g/mol. The van der Waals surface area contributed by atoms with E-state index in [0.29, 0.717) is 37.6 Å². The van der Waals surface area contributed by atoms with E-state index in [1.165, 1.54) is 11.8 Å². The minimum atomic E-state index is -0.862. The predicted molar refractivity (Wildman–Crippen MR) is 102 cm³/mol. The van der Waals surface area contributed by atoms with Crippen LogP contribution in [0, 0.1) is 0 Å². The van der Waals surface area contributed by atoms with Gasteiger partial charge >= 0.3 is 11.8 Å². The highest BCUT2D eigenvalue weighted by Crippen LogP contribution is 2.18. The lowest BCUT2D eigenvalue weighted by atomic mass is 10.2. The Balaban J connectivity index is 1.68. The third kappa shape index (κ3) is 4.05. The van der Waals surface area contributed by atoms with Gasteiger partial charge in [-0.2, -0.15) is 0 Å². The summed E-state index contributed by atoms with van der Waals surface area (Å²) in [5.41, 5.74) is 6.47. The molecule has 0 spiro atoms. The fourth-order valence-electron chi connectivity index (χ4n) is 2.98. The van der Waals surface area contributed by atoms with Crippen LogP contribution in [0.2, 0.25) is 0 Å². The van der Waals surface area contributed by atoms with Crippen LogP contribution in [-0.2, 0) is 14.4 Å². The van der Waals surface area contributed by atoms with Gasteiger partial charge in [-0.15, -0.1) is 0 Å². The van der Waals surface area contributed by atoms with Crippen LogP contribution in [0.5, 0.6) is 0 Å². The molecule has 0 radical (unpaired) electrons. The zero-order valence-corrected chi connectivity index (χ0v) is 15.0. The number of carbonyl (C=O) groups excluding carboxylic acids is 3. The average molecular weight is 367 g/mol. The number of amides is 3. The zero-order chi connectivity index (χ0) is 19.4. The van der Waals surface area contributed by atoms with Gasteiger partial charge in [0.1, 0.15) is 5.82 Å². The summed E-state index contributed by atoms with van der Waals surface area (Å²) in [5, 5.41) is 0. The van der Waals surface area contributed by atoms with Crippen LogP contribution >= 0.6 is 0 Å². The van der Waals surface area contributed by atoms with Crippen molar-refractivity contribution >= 4 is 34.9 Å². The van der Waals surface area contributed by atoms with Gasteiger partial charge in [0, 0.05) is 45.0 Å². The smallest absolute Gasteiger partial charge is 0.323 e. The van der Waals surface area contributed by atoms with Crippen molar-refractivity contribution in [2.75, 3.05) is 41.7 Å². The lowest BCUT2D eigenvalue weighted by Gasteiger charge is -2.35. The van der Waals surface area contributed by atoms with Crippen molar-refractivity contribution in [1.29, 1.82) is 0 Å². The summed E-state index contributed by atoms with van der Waals surface area (Å²) < 4.78 is 0. The summed E-state index contributed by atoms with van der Waals surface area (Å²) in [7, 11) is 0. The van der Waals surface area contributed by atoms with E-state index in [1.807, 2.05) is 18.2 Å². The number of nitrogens with two attached hydrogens (primary N) is 1. The molecule has 1 aromatic carbocycles. The highest BCUT2D eigenvalue weighted by Gasteiger charge is 2.32. The van der Waals surface area contributed by atoms with Gasteiger partial charge in [0.25, 0.3) is 0 Å².